The average molecular weight is 250 g/mol. The number of hydrogen-bond donors (Lipinski definition) is 0. The predicted octanol–water partition coefficient (Wildman–Crippen LogP) is 2.47. The van der Waals surface area contributed by atoms with E-state index >= 15 is 0 Å². The number of alkyl halides is 3. The van der Waals surface area contributed by atoms with E-state index in [1.807, 2.05) is 0 Å². The first kappa shape index (κ1) is 12.8. The van der Waals surface area contributed by atoms with Gasteiger partial charge in [0.25, 0.3) is 6.43 Å². The Morgan fingerprint density at radius 1 is 1.50 bits per heavy atom. The van der Waals surface area contributed by atoms with Crippen molar-refractivity contribution in [3.05, 3.63) is 29.1 Å². The number of halogens is 3. The maximum absolute atomic E-state index is 12.8. The van der Waals surface area contributed by atoms with E-state index in [1.54, 1.807) is 0 Å². The summed E-state index contributed by atoms with van der Waals surface area (Å²) in [4.78, 5) is 14.8. The molecule has 0 atom stereocenters. The molecule has 3 nitrogen and oxygen atoms in total. The summed E-state index contributed by atoms with van der Waals surface area (Å²) in [5.74, 6) is -0.655. The third kappa shape index (κ3) is 2.88. The van der Waals surface area contributed by atoms with Crippen LogP contribution in [0.3, 0.4) is 0 Å². The molecule has 0 aromatic carbocycles. The highest BCUT2D eigenvalue weighted by atomic mass is 35.5. The lowest BCUT2D eigenvalue weighted by atomic mass is 10.0. The largest absolute Gasteiger partial charge is 0.469 e. The Morgan fingerprint density at radius 3 is 2.62 bits per heavy atom. The van der Waals surface area contributed by atoms with Gasteiger partial charge in [0.1, 0.15) is 0 Å². The number of aromatic nitrogens is 1. The number of carbonyl (C=O) groups excluding carboxylic acids is 1. The first-order valence-corrected chi connectivity index (χ1v) is 5.00. The smallest absolute Gasteiger partial charge is 0.310 e. The summed E-state index contributed by atoms with van der Waals surface area (Å²) >= 11 is 5.53. The fourth-order valence-corrected chi connectivity index (χ4v) is 1.53. The molecule has 1 rings (SSSR count). The normalized spacial score (nSPS) is 10.6. The maximum atomic E-state index is 12.8. The monoisotopic (exact) mass is 249 g/mol. The molecule has 6 heteroatoms. The third-order valence-corrected chi connectivity index (χ3v) is 2.37. The number of carbonyl (C=O) groups is 1. The maximum Gasteiger partial charge on any atom is 0.310 e. The summed E-state index contributed by atoms with van der Waals surface area (Å²) in [7, 11) is 1.20. The van der Waals surface area contributed by atoms with Gasteiger partial charge in [-0.3, -0.25) is 9.78 Å². The number of methoxy groups -OCH3 is 1. The molecule has 1 aromatic heterocycles. The highest BCUT2D eigenvalue weighted by molar-refractivity contribution is 6.17. The molecule has 0 saturated heterocycles. The van der Waals surface area contributed by atoms with Crippen LogP contribution in [0.1, 0.15) is 23.1 Å². The number of rotatable bonds is 4. The van der Waals surface area contributed by atoms with Gasteiger partial charge in [0.15, 0.2) is 0 Å². The van der Waals surface area contributed by atoms with E-state index in [2.05, 4.69) is 9.72 Å². The Balaban J connectivity index is 3.11. The first-order valence-electron chi connectivity index (χ1n) is 4.46. The molecule has 0 radical (unpaired) electrons. The van der Waals surface area contributed by atoms with Gasteiger partial charge in [0.05, 0.1) is 13.5 Å². The van der Waals surface area contributed by atoms with Gasteiger partial charge in [-0.15, -0.1) is 11.6 Å². The number of nitrogens with zero attached hydrogens (tertiary/aromatic N) is 1. The number of esters is 1. The topological polar surface area (TPSA) is 39.2 Å². The SMILES string of the molecule is COC(=O)Cc1cncc(CCl)c1C(F)F. The minimum absolute atomic E-state index is 0.0678. The molecule has 0 aliphatic carbocycles. The molecule has 1 heterocycles. The van der Waals surface area contributed by atoms with E-state index in [0.717, 1.165) is 0 Å². The molecule has 1 aromatic rings. The Labute approximate surface area is 96.4 Å². The zero-order valence-corrected chi connectivity index (χ0v) is 9.30. The first-order chi connectivity index (χ1) is 7.60. The van der Waals surface area contributed by atoms with Crippen LogP contribution in [-0.2, 0) is 21.8 Å². The van der Waals surface area contributed by atoms with E-state index in [0.29, 0.717) is 0 Å². The van der Waals surface area contributed by atoms with Crippen LogP contribution in [0.2, 0.25) is 0 Å². The van der Waals surface area contributed by atoms with Crippen LogP contribution in [-0.4, -0.2) is 18.1 Å². The van der Waals surface area contributed by atoms with Gasteiger partial charge in [0.2, 0.25) is 0 Å². The van der Waals surface area contributed by atoms with Gasteiger partial charge in [-0.2, -0.15) is 0 Å². The Bertz CT molecular complexity index is 385. The van der Waals surface area contributed by atoms with Crippen molar-refractivity contribution < 1.29 is 18.3 Å². The zero-order chi connectivity index (χ0) is 12.1. The zero-order valence-electron chi connectivity index (χ0n) is 8.54. The lowest BCUT2D eigenvalue weighted by Gasteiger charge is -2.11. The molecule has 0 N–H and O–H groups in total. The van der Waals surface area contributed by atoms with Crippen molar-refractivity contribution >= 4 is 17.6 Å². The van der Waals surface area contributed by atoms with Gasteiger partial charge < -0.3 is 4.74 Å². The number of hydrogen-bond acceptors (Lipinski definition) is 3. The molecular weight excluding hydrogens is 240 g/mol. The van der Waals surface area contributed by atoms with E-state index in [9.17, 15) is 13.6 Å². The molecular formula is C10H10ClF2NO2. The summed E-state index contributed by atoms with van der Waals surface area (Å²) in [5, 5.41) is 0. The molecule has 0 aliphatic heterocycles. The molecule has 0 spiro atoms. The van der Waals surface area contributed by atoms with Crippen molar-refractivity contribution in [1.29, 1.82) is 0 Å². The van der Waals surface area contributed by atoms with Crippen LogP contribution in [0.25, 0.3) is 0 Å². The van der Waals surface area contributed by atoms with E-state index in [-0.39, 0.29) is 29.0 Å². The van der Waals surface area contributed by atoms with Crippen molar-refractivity contribution in [3.63, 3.8) is 0 Å². The van der Waals surface area contributed by atoms with Crippen molar-refractivity contribution in [2.24, 2.45) is 0 Å². The molecule has 88 valence electrons. The van der Waals surface area contributed by atoms with Crippen LogP contribution >= 0.6 is 11.6 Å². The highest BCUT2D eigenvalue weighted by Gasteiger charge is 2.19. The van der Waals surface area contributed by atoms with Gasteiger partial charge >= 0.3 is 5.97 Å². The van der Waals surface area contributed by atoms with Gasteiger partial charge in [-0.1, -0.05) is 0 Å². The van der Waals surface area contributed by atoms with Crippen LogP contribution in [0.5, 0.6) is 0 Å². The highest BCUT2D eigenvalue weighted by Crippen LogP contribution is 2.27. The van der Waals surface area contributed by atoms with E-state index in [1.165, 1.54) is 19.5 Å². The third-order valence-electron chi connectivity index (χ3n) is 2.08. The van der Waals surface area contributed by atoms with Gasteiger partial charge in [0, 0.05) is 23.8 Å². The number of pyridine rings is 1. The summed E-state index contributed by atoms with van der Waals surface area (Å²) in [5.41, 5.74) is 0.161. The number of ether oxygens (including phenoxy) is 1. The van der Waals surface area contributed by atoms with Crippen molar-refractivity contribution in [2.75, 3.05) is 7.11 Å². The summed E-state index contributed by atoms with van der Waals surface area (Å²) in [6.07, 6.45) is -0.408. The molecule has 0 aliphatic rings. The molecule has 16 heavy (non-hydrogen) atoms. The second kappa shape index (κ2) is 5.75. The van der Waals surface area contributed by atoms with Crippen LogP contribution in [0.15, 0.2) is 12.4 Å². The molecule has 0 fully saturated rings. The van der Waals surface area contributed by atoms with Gasteiger partial charge in [-0.05, 0) is 11.1 Å². The quantitative estimate of drug-likeness (QED) is 0.608. The lowest BCUT2D eigenvalue weighted by molar-refractivity contribution is -0.139. The molecule has 0 saturated carbocycles. The standard InChI is InChI=1S/C10H10ClF2NO2/c1-16-8(15)2-6-4-14-5-7(3-11)9(6)10(12)13/h4-5,10H,2-3H2,1H3. The summed E-state index contributed by atoms with van der Waals surface area (Å²) in [6.45, 7) is 0. The fourth-order valence-electron chi connectivity index (χ4n) is 1.32. The van der Waals surface area contributed by atoms with Crippen LogP contribution in [0.4, 0.5) is 8.78 Å². The molecule has 0 unspecified atom stereocenters. The second-order valence-electron chi connectivity index (χ2n) is 3.06. The van der Waals surface area contributed by atoms with Crippen molar-refractivity contribution in [3.8, 4) is 0 Å². The second-order valence-corrected chi connectivity index (χ2v) is 3.33. The Hall–Kier alpha value is -1.23. The van der Waals surface area contributed by atoms with E-state index < -0.39 is 12.4 Å². The minimum Gasteiger partial charge on any atom is -0.469 e. The molecule has 0 bridgehead atoms. The van der Waals surface area contributed by atoms with Crippen molar-refractivity contribution in [2.45, 2.75) is 18.7 Å². The fraction of sp³-hybridized carbons (Fsp3) is 0.400. The summed E-state index contributed by atoms with van der Waals surface area (Å²) < 4.78 is 30.0. The minimum atomic E-state index is -2.68. The summed E-state index contributed by atoms with van der Waals surface area (Å²) in [6, 6.07) is 0. The van der Waals surface area contributed by atoms with Gasteiger partial charge in [-0.25, -0.2) is 8.78 Å². The van der Waals surface area contributed by atoms with E-state index in [4.69, 9.17) is 11.6 Å². The predicted molar refractivity (Wildman–Crippen MR) is 54.5 cm³/mol. The lowest BCUT2D eigenvalue weighted by Crippen LogP contribution is -2.09. The Morgan fingerprint density at radius 2 is 2.12 bits per heavy atom. The van der Waals surface area contributed by atoms with Crippen LogP contribution in [0, 0.1) is 0 Å². The average Bonchev–Trinajstić information content (AvgIpc) is 2.28. The van der Waals surface area contributed by atoms with Crippen molar-refractivity contribution in [1.82, 2.24) is 4.98 Å². The Kier molecular flexibility index (Phi) is 4.61. The van der Waals surface area contributed by atoms with Crippen LogP contribution < -0.4 is 0 Å². The molecule has 0 amide bonds.